The summed E-state index contributed by atoms with van der Waals surface area (Å²) in [4.78, 5) is 25.1. The number of rotatable bonds is 3. The number of methoxy groups -OCH3 is 1. The molecule has 1 aromatic carbocycles. The lowest BCUT2D eigenvalue weighted by Crippen LogP contribution is -2.43. The number of ether oxygens (including phenoxy) is 1. The highest BCUT2D eigenvalue weighted by atomic mass is 16.5. The molecule has 1 aromatic rings. The lowest BCUT2D eigenvalue weighted by molar-refractivity contribution is -0.146. The topological polar surface area (TPSA) is 71.0 Å². The van der Waals surface area contributed by atoms with E-state index in [-0.39, 0.29) is 0 Å². The van der Waals surface area contributed by atoms with Crippen LogP contribution in [0.4, 0.5) is 0 Å². The Hall–Kier alpha value is -2.37. The monoisotopic (exact) mass is 289 g/mol. The van der Waals surface area contributed by atoms with E-state index in [9.17, 15) is 9.59 Å². The first kappa shape index (κ1) is 15.0. The normalized spacial score (nSPS) is 15.0. The van der Waals surface area contributed by atoms with Crippen molar-refractivity contribution < 1.29 is 14.3 Å². The van der Waals surface area contributed by atoms with E-state index < -0.39 is 11.8 Å². The zero-order valence-corrected chi connectivity index (χ0v) is 12.0. The maximum absolute atomic E-state index is 11.8. The molecule has 2 rings (SSSR count). The maximum atomic E-state index is 11.8. The fourth-order valence-electron chi connectivity index (χ4n) is 2.14. The van der Waals surface area contributed by atoms with Gasteiger partial charge in [-0.25, -0.2) is 5.43 Å². The third-order valence-electron chi connectivity index (χ3n) is 3.33. The number of nitrogens with zero attached hydrogens (tertiary/aromatic N) is 2. The quantitative estimate of drug-likeness (QED) is 0.515. The van der Waals surface area contributed by atoms with Gasteiger partial charge in [0.15, 0.2) is 0 Å². The van der Waals surface area contributed by atoms with Gasteiger partial charge in [0.1, 0.15) is 5.75 Å². The van der Waals surface area contributed by atoms with E-state index in [1.54, 1.807) is 36.3 Å². The highest BCUT2D eigenvalue weighted by molar-refractivity contribution is 6.35. The van der Waals surface area contributed by atoms with Gasteiger partial charge in [-0.3, -0.25) is 9.59 Å². The van der Waals surface area contributed by atoms with Crippen LogP contribution in [0.5, 0.6) is 5.75 Å². The van der Waals surface area contributed by atoms with Crippen LogP contribution in [-0.2, 0) is 9.59 Å². The number of hydrogen-bond acceptors (Lipinski definition) is 4. The molecule has 0 spiro atoms. The second kappa shape index (κ2) is 7.42. The molecule has 1 fully saturated rings. The summed E-state index contributed by atoms with van der Waals surface area (Å²) in [5.74, 6) is -0.459. The third-order valence-corrected chi connectivity index (χ3v) is 3.33. The molecule has 0 aromatic heterocycles. The molecule has 6 heteroatoms. The van der Waals surface area contributed by atoms with Gasteiger partial charge in [-0.15, -0.1) is 0 Å². The lowest BCUT2D eigenvalue weighted by atomic mass is 10.1. The number of nitrogens with one attached hydrogen (secondary N) is 1. The lowest BCUT2D eigenvalue weighted by Gasteiger charge is -2.25. The van der Waals surface area contributed by atoms with Gasteiger partial charge in [0.25, 0.3) is 0 Å². The number of amides is 2. The number of benzene rings is 1. The van der Waals surface area contributed by atoms with Gasteiger partial charge >= 0.3 is 11.8 Å². The van der Waals surface area contributed by atoms with Crippen LogP contribution in [0.25, 0.3) is 0 Å². The van der Waals surface area contributed by atoms with E-state index in [2.05, 4.69) is 10.5 Å². The Morgan fingerprint density at radius 1 is 1.19 bits per heavy atom. The number of hydrogen-bond donors (Lipinski definition) is 1. The molecule has 0 bridgehead atoms. The molecular weight excluding hydrogens is 270 g/mol. The minimum atomic E-state index is -0.693. The van der Waals surface area contributed by atoms with Crippen molar-refractivity contribution in [2.75, 3.05) is 20.2 Å². The largest absolute Gasteiger partial charge is 0.497 e. The van der Waals surface area contributed by atoms with Crippen LogP contribution in [0.2, 0.25) is 0 Å². The fraction of sp³-hybridized carbons (Fsp3) is 0.400. The van der Waals surface area contributed by atoms with Crippen LogP contribution in [0.15, 0.2) is 29.4 Å². The molecule has 0 saturated carbocycles. The average molecular weight is 289 g/mol. The predicted molar refractivity (Wildman–Crippen MR) is 79.2 cm³/mol. The fourth-order valence-corrected chi connectivity index (χ4v) is 2.14. The number of likely N-dealkylation sites (tertiary alicyclic amines) is 1. The van der Waals surface area contributed by atoms with Gasteiger partial charge in [-0.05, 0) is 49.1 Å². The van der Waals surface area contributed by atoms with E-state index in [0.29, 0.717) is 13.1 Å². The predicted octanol–water partition coefficient (Wildman–Crippen LogP) is 1.16. The van der Waals surface area contributed by atoms with Crippen LogP contribution >= 0.6 is 0 Å². The molecule has 6 nitrogen and oxygen atoms in total. The van der Waals surface area contributed by atoms with Crippen molar-refractivity contribution in [3.05, 3.63) is 29.8 Å². The Morgan fingerprint density at radius 2 is 1.86 bits per heavy atom. The Balaban J connectivity index is 1.84. The van der Waals surface area contributed by atoms with Gasteiger partial charge in [0.05, 0.1) is 13.3 Å². The van der Waals surface area contributed by atoms with Crippen LogP contribution in [0, 0.1) is 0 Å². The minimum Gasteiger partial charge on any atom is -0.497 e. The Kier molecular flexibility index (Phi) is 5.31. The number of piperidine rings is 1. The summed E-state index contributed by atoms with van der Waals surface area (Å²) in [6.45, 7) is 1.29. The molecule has 2 amide bonds. The molecule has 0 unspecified atom stereocenters. The molecular formula is C15H19N3O3. The smallest absolute Gasteiger partial charge is 0.329 e. The molecule has 0 radical (unpaired) electrons. The molecule has 1 heterocycles. The van der Waals surface area contributed by atoms with Crippen LogP contribution in [0.3, 0.4) is 0 Å². The van der Waals surface area contributed by atoms with Crippen molar-refractivity contribution >= 4 is 18.0 Å². The summed E-state index contributed by atoms with van der Waals surface area (Å²) in [5.41, 5.74) is 3.07. The van der Waals surface area contributed by atoms with Crippen molar-refractivity contribution in [1.29, 1.82) is 0 Å². The summed E-state index contributed by atoms with van der Waals surface area (Å²) in [7, 11) is 1.59. The number of carbonyl (C=O) groups excluding carboxylic acids is 2. The Bertz CT molecular complexity index is 519. The molecule has 112 valence electrons. The average Bonchev–Trinajstić information content (AvgIpc) is 2.55. The van der Waals surface area contributed by atoms with Gasteiger partial charge < -0.3 is 9.64 Å². The third kappa shape index (κ3) is 4.30. The SMILES string of the molecule is COc1ccc(/C=N\NC(=O)C(=O)N2CCCCC2)cc1. The Labute approximate surface area is 123 Å². The molecule has 21 heavy (non-hydrogen) atoms. The number of carbonyl (C=O) groups is 2. The number of hydrazone groups is 1. The summed E-state index contributed by atoms with van der Waals surface area (Å²) < 4.78 is 5.05. The van der Waals surface area contributed by atoms with Crippen molar-refractivity contribution in [2.24, 2.45) is 5.10 Å². The van der Waals surface area contributed by atoms with Crippen molar-refractivity contribution in [3.8, 4) is 5.75 Å². The van der Waals surface area contributed by atoms with Gasteiger partial charge in [-0.2, -0.15) is 5.10 Å². The summed E-state index contributed by atoms with van der Waals surface area (Å²) >= 11 is 0. The second-order valence-corrected chi connectivity index (χ2v) is 4.83. The highest BCUT2D eigenvalue weighted by Gasteiger charge is 2.22. The van der Waals surface area contributed by atoms with Gasteiger partial charge in [-0.1, -0.05) is 0 Å². The van der Waals surface area contributed by atoms with E-state index in [1.807, 2.05) is 0 Å². The van der Waals surface area contributed by atoms with Crippen LogP contribution in [0.1, 0.15) is 24.8 Å². The second-order valence-electron chi connectivity index (χ2n) is 4.83. The van der Waals surface area contributed by atoms with Crippen molar-refractivity contribution in [2.45, 2.75) is 19.3 Å². The van der Waals surface area contributed by atoms with E-state index >= 15 is 0 Å². The van der Waals surface area contributed by atoms with E-state index in [0.717, 1.165) is 30.6 Å². The molecule has 1 aliphatic rings. The first-order valence-corrected chi connectivity index (χ1v) is 6.97. The van der Waals surface area contributed by atoms with E-state index in [4.69, 9.17) is 4.74 Å². The van der Waals surface area contributed by atoms with Gasteiger partial charge in [0.2, 0.25) is 0 Å². The van der Waals surface area contributed by atoms with Crippen molar-refractivity contribution in [3.63, 3.8) is 0 Å². The van der Waals surface area contributed by atoms with E-state index in [1.165, 1.54) is 6.21 Å². The minimum absolute atomic E-state index is 0.512. The summed E-state index contributed by atoms with van der Waals surface area (Å²) in [5, 5.41) is 3.80. The highest BCUT2D eigenvalue weighted by Crippen LogP contribution is 2.10. The van der Waals surface area contributed by atoms with Crippen LogP contribution < -0.4 is 10.2 Å². The molecule has 1 N–H and O–H groups in total. The van der Waals surface area contributed by atoms with Gasteiger partial charge in [0, 0.05) is 13.1 Å². The molecule has 0 atom stereocenters. The Morgan fingerprint density at radius 3 is 2.48 bits per heavy atom. The first-order chi connectivity index (χ1) is 10.2. The summed E-state index contributed by atoms with van der Waals surface area (Å²) in [6.07, 6.45) is 4.50. The molecule has 0 aliphatic carbocycles. The first-order valence-electron chi connectivity index (χ1n) is 6.97. The standard InChI is InChI=1S/C15H19N3O3/c1-21-13-7-5-12(6-8-13)11-16-17-14(19)15(20)18-9-3-2-4-10-18/h5-8,11H,2-4,9-10H2,1H3,(H,17,19)/b16-11-. The zero-order chi connectivity index (χ0) is 15.1. The maximum Gasteiger partial charge on any atom is 0.329 e. The van der Waals surface area contributed by atoms with Crippen LogP contribution in [-0.4, -0.2) is 43.1 Å². The molecule has 1 saturated heterocycles. The van der Waals surface area contributed by atoms with Crippen molar-refractivity contribution in [1.82, 2.24) is 10.3 Å². The molecule has 1 aliphatic heterocycles. The summed E-state index contributed by atoms with van der Waals surface area (Å²) in [6, 6.07) is 7.20. The zero-order valence-electron chi connectivity index (χ0n) is 12.0.